The van der Waals surface area contributed by atoms with Crippen molar-refractivity contribution in [3.8, 4) is 0 Å². The molecule has 0 aromatic carbocycles. The number of hydrogen-bond donors (Lipinski definition) is 1. The maximum atomic E-state index is 12.0. The molecule has 116 valence electrons. The zero-order valence-electron chi connectivity index (χ0n) is 13.1. The molecule has 22 heavy (non-hydrogen) atoms. The zero-order chi connectivity index (χ0) is 16.5. The Morgan fingerprint density at radius 1 is 1.32 bits per heavy atom. The van der Waals surface area contributed by atoms with Crippen LogP contribution in [-0.4, -0.2) is 16.8 Å². The van der Waals surface area contributed by atoms with Crippen molar-refractivity contribution in [1.29, 1.82) is 0 Å². The van der Waals surface area contributed by atoms with Gasteiger partial charge in [0.15, 0.2) is 0 Å². The summed E-state index contributed by atoms with van der Waals surface area (Å²) in [6.45, 7) is 11.4. The van der Waals surface area contributed by atoms with E-state index in [0.717, 1.165) is 11.1 Å². The van der Waals surface area contributed by atoms with Crippen molar-refractivity contribution in [3.05, 3.63) is 54.4 Å². The molecule has 2 amide bonds. The molecule has 1 aliphatic rings. The quantitative estimate of drug-likeness (QED) is 0.684. The largest absolute Gasteiger partial charge is 0.296 e. The summed E-state index contributed by atoms with van der Waals surface area (Å²) in [6.07, 6.45) is 9.50. The average molecular weight is 298 g/mol. The number of imide groups is 1. The van der Waals surface area contributed by atoms with Gasteiger partial charge in [-0.25, -0.2) is 0 Å². The van der Waals surface area contributed by atoms with E-state index in [1.807, 2.05) is 26.0 Å². The van der Waals surface area contributed by atoms with Crippen molar-refractivity contribution >= 4 is 24.0 Å². The van der Waals surface area contributed by atoms with Crippen molar-refractivity contribution in [1.82, 2.24) is 10.3 Å². The van der Waals surface area contributed by atoms with Gasteiger partial charge < -0.3 is 0 Å². The molecule has 1 saturated heterocycles. The first-order valence-corrected chi connectivity index (χ1v) is 7.41. The lowest BCUT2D eigenvalue weighted by Gasteiger charge is -2.22. The van der Waals surface area contributed by atoms with Crippen LogP contribution in [0.15, 0.2) is 37.6 Å². The maximum absolute atomic E-state index is 12.0. The summed E-state index contributed by atoms with van der Waals surface area (Å²) < 4.78 is 0. The van der Waals surface area contributed by atoms with Crippen LogP contribution in [0.4, 0.5) is 0 Å². The minimum atomic E-state index is -0.405. The van der Waals surface area contributed by atoms with Gasteiger partial charge in [-0.3, -0.25) is 19.9 Å². The van der Waals surface area contributed by atoms with Gasteiger partial charge in [-0.2, -0.15) is 0 Å². The highest BCUT2D eigenvalue weighted by molar-refractivity contribution is 6.01. The standard InChI is InChI=1S/C16H16N2O2.C2H6/c1-3-5-6-12-11(4-2)9-10-17-15(12)13-7-8-14(19)18-16(13)20;1-2/h3-6,9-10,13H,1-2,7-8H2,(H,18,19,20);1-2H3/b6-5-;. The van der Waals surface area contributed by atoms with Crippen LogP contribution in [0, 0.1) is 0 Å². The van der Waals surface area contributed by atoms with Crippen molar-refractivity contribution in [2.45, 2.75) is 32.6 Å². The molecule has 1 aliphatic heterocycles. The number of piperidine rings is 1. The van der Waals surface area contributed by atoms with Crippen LogP contribution in [0.2, 0.25) is 0 Å². The number of hydrogen-bond acceptors (Lipinski definition) is 3. The number of pyridine rings is 1. The highest BCUT2D eigenvalue weighted by Crippen LogP contribution is 2.28. The molecular weight excluding hydrogens is 276 g/mol. The van der Waals surface area contributed by atoms with Crippen molar-refractivity contribution in [2.75, 3.05) is 0 Å². The van der Waals surface area contributed by atoms with Gasteiger partial charge in [0.05, 0.1) is 11.6 Å². The van der Waals surface area contributed by atoms with Gasteiger partial charge in [0, 0.05) is 18.2 Å². The monoisotopic (exact) mass is 298 g/mol. The van der Waals surface area contributed by atoms with E-state index < -0.39 is 5.92 Å². The second kappa shape index (κ2) is 8.72. The minimum Gasteiger partial charge on any atom is -0.296 e. The summed E-state index contributed by atoms with van der Waals surface area (Å²) in [7, 11) is 0. The zero-order valence-corrected chi connectivity index (χ0v) is 13.1. The predicted molar refractivity (Wildman–Crippen MR) is 90.0 cm³/mol. The lowest BCUT2D eigenvalue weighted by molar-refractivity contribution is -0.134. The highest BCUT2D eigenvalue weighted by Gasteiger charge is 2.30. The van der Waals surface area contributed by atoms with E-state index in [2.05, 4.69) is 23.5 Å². The summed E-state index contributed by atoms with van der Waals surface area (Å²) in [5.74, 6) is -0.922. The smallest absolute Gasteiger partial charge is 0.235 e. The van der Waals surface area contributed by atoms with Crippen LogP contribution in [0.1, 0.15) is 49.4 Å². The molecule has 0 saturated carbocycles. The Balaban J connectivity index is 0.00000116. The van der Waals surface area contributed by atoms with Gasteiger partial charge in [-0.15, -0.1) is 0 Å². The van der Waals surface area contributed by atoms with Gasteiger partial charge in [-0.1, -0.05) is 51.3 Å². The fourth-order valence-corrected chi connectivity index (χ4v) is 2.26. The molecule has 4 heteroatoms. The lowest BCUT2D eigenvalue weighted by atomic mass is 9.89. The average Bonchev–Trinajstić information content (AvgIpc) is 2.54. The van der Waals surface area contributed by atoms with Crippen LogP contribution >= 0.6 is 0 Å². The Bertz CT molecular complexity index is 603. The molecule has 1 fully saturated rings. The van der Waals surface area contributed by atoms with Crippen LogP contribution in [-0.2, 0) is 9.59 Å². The van der Waals surface area contributed by atoms with Crippen molar-refractivity contribution in [2.24, 2.45) is 0 Å². The number of nitrogens with one attached hydrogen (secondary N) is 1. The summed E-state index contributed by atoms with van der Waals surface area (Å²) in [5, 5.41) is 2.36. The van der Waals surface area contributed by atoms with E-state index in [1.165, 1.54) is 0 Å². The number of rotatable bonds is 4. The lowest BCUT2D eigenvalue weighted by Crippen LogP contribution is -2.40. The van der Waals surface area contributed by atoms with Gasteiger partial charge in [0.1, 0.15) is 0 Å². The van der Waals surface area contributed by atoms with Gasteiger partial charge in [-0.05, 0) is 18.1 Å². The number of aromatic nitrogens is 1. The maximum Gasteiger partial charge on any atom is 0.235 e. The molecule has 1 aromatic rings. The van der Waals surface area contributed by atoms with Crippen molar-refractivity contribution < 1.29 is 9.59 Å². The number of carbonyl (C=O) groups excluding carboxylic acids is 2. The summed E-state index contributed by atoms with van der Waals surface area (Å²) >= 11 is 0. The second-order valence-electron chi connectivity index (χ2n) is 4.50. The Morgan fingerprint density at radius 2 is 2.05 bits per heavy atom. The molecule has 0 aliphatic carbocycles. The molecule has 1 unspecified atom stereocenters. The molecule has 0 bridgehead atoms. The number of allylic oxidation sites excluding steroid dienone is 2. The molecule has 0 spiro atoms. The number of carbonyl (C=O) groups is 2. The summed E-state index contributed by atoms with van der Waals surface area (Å²) in [6, 6.07) is 1.84. The molecule has 0 radical (unpaired) electrons. The third kappa shape index (κ3) is 4.01. The summed E-state index contributed by atoms with van der Waals surface area (Å²) in [5.41, 5.74) is 2.42. The second-order valence-corrected chi connectivity index (χ2v) is 4.50. The van der Waals surface area contributed by atoms with Crippen LogP contribution < -0.4 is 5.32 Å². The molecule has 1 N–H and O–H groups in total. The topological polar surface area (TPSA) is 59.1 Å². The van der Waals surface area contributed by atoms with Crippen LogP contribution in [0.25, 0.3) is 12.2 Å². The van der Waals surface area contributed by atoms with Gasteiger partial charge >= 0.3 is 0 Å². The fraction of sp³-hybridized carbons (Fsp3) is 0.278. The van der Waals surface area contributed by atoms with E-state index in [0.29, 0.717) is 18.5 Å². The molecule has 1 aromatic heterocycles. The van der Waals surface area contributed by atoms with Gasteiger partial charge in [0.25, 0.3) is 0 Å². The third-order valence-corrected chi connectivity index (χ3v) is 3.24. The highest BCUT2D eigenvalue weighted by atomic mass is 16.2. The van der Waals surface area contributed by atoms with Crippen LogP contribution in [0.5, 0.6) is 0 Å². The Labute approximate surface area is 131 Å². The predicted octanol–water partition coefficient (Wildman–Crippen LogP) is 3.47. The van der Waals surface area contributed by atoms with E-state index in [9.17, 15) is 9.59 Å². The van der Waals surface area contributed by atoms with E-state index >= 15 is 0 Å². The molecule has 1 atom stereocenters. The molecule has 2 rings (SSSR count). The van der Waals surface area contributed by atoms with E-state index in [1.54, 1.807) is 24.4 Å². The SMILES string of the molecule is C=C/C=C\c1c(C=C)ccnc1C1CCC(=O)NC1=O.CC. The molecule has 2 heterocycles. The first kappa shape index (κ1) is 17.6. The minimum absolute atomic E-state index is 0.227. The Hall–Kier alpha value is -2.49. The number of amides is 2. The first-order valence-electron chi connectivity index (χ1n) is 7.41. The third-order valence-electron chi connectivity index (χ3n) is 3.24. The van der Waals surface area contributed by atoms with Gasteiger partial charge in [0.2, 0.25) is 11.8 Å². The summed E-state index contributed by atoms with van der Waals surface area (Å²) in [4.78, 5) is 27.6. The van der Waals surface area contributed by atoms with Crippen molar-refractivity contribution in [3.63, 3.8) is 0 Å². The van der Waals surface area contributed by atoms with E-state index in [-0.39, 0.29) is 11.8 Å². The van der Waals surface area contributed by atoms with E-state index in [4.69, 9.17) is 0 Å². The Morgan fingerprint density at radius 3 is 2.64 bits per heavy atom. The molecule has 4 nitrogen and oxygen atoms in total. The Kier molecular flexibility index (Phi) is 6.96. The number of nitrogens with zero attached hydrogens (tertiary/aromatic N) is 1. The fourth-order valence-electron chi connectivity index (χ4n) is 2.26. The first-order chi connectivity index (χ1) is 10.7. The van der Waals surface area contributed by atoms with Crippen LogP contribution in [0.3, 0.4) is 0 Å². The normalized spacial score (nSPS) is 17.5. The molecular formula is C18H22N2O2.